The second kappa shape index (κ2) is 7.65. The van der Waals surface area contributed by atoms with Gasteiger partial charge in [-0.15, -0.1) is 0 Å². The van der Waals surface area contributed by atoms with Crippen molar-refractivity contribution < 1.29 is 0 Å². The topological polar surface area (TPSA) is 0 Å². The van der Waals surface area contributed by atoms with Crippen LogP contribution in [-0.4, -0.2) is 0 Å². The lowest BCUT2D eigenvalue weighted by Crippen LogP contribution is -1.64. The Bertz CT molecular complexity index is 116. The predicted octanol–water partition coefficient (Wildman–Crippen LogP) is 3.01. The van der Waals surface area contributed by atoms with Crippen molar-refractivity contribution in [2.45, 2.75) is 26.2 Å². The van der Waals surface area contributed by atoms with E-state index in [9.17, 15) is 0 Å². The normalized spacial score (nSPS) is 7.67. The fourth-order valence-corrected chi connectivity index (χ4v) is 0.668. The maximum Gasteiger partial charge on any atom is 0.00976 e. The van der Waals surface area contributed by atoms with Crippen LogP contribution in [-0.2, 0) is 0 Å². The molecule has 0 amide bonds. The van der Waals surface area contributed by atoms with Crippen LogP contribution in [0.25, 0.3) is 0 Å². The first kappa shape index (κ1) is 8.65. The number of rotatable bonds is 3. The Morgan fingerprint density at radius 3 is 3.00 bits per heavy atom. The van der Waals surface area contributed by atoms with Gasteiger partial charge in [0, 0.05) is 6.42 Å². The first-order chi connectivity index (χ1) is 4.41. The van der Waals surface area contributed by atoms with E-state index in [4.69, 9.17) is 0 Å². The van der Waals surface area contributed by atoms with Crippen molar-refractivity contribution in [2.75, 3.05) is 0 Å². The molecule has 0 N–H and O–H groups in total. The van der Waals surface area contributed by atoms with E-state index in [1.165, 1.54) is 24.6 Å². The molecule has 0 aromatic carbocycles. The van der Waals surface area contributed by atoms with Crippen LogP contribution in [0.1, 0.15) is 26.2 Å². The van der Waals surface area contributed by atoms with Crippen LogP contribution in [0.2, 0.25) is 0 Å². The molecule has 0 bridgehead atoms. The Morgan fingerprint density at radius 2 is 2.44 bits per heavy atom. The average Bonchev–Trinajstić information content (AvgIpc) is 1.89. The van der Waals surface area contributed by atoms with E-state index in [2.05, 4.69) is 24.7 Å². The zero-order valence-corrected chi connectivity index (χ0v) is 6.63. The van der Waals surface area contributed by atoms with E-state index in [-0.39, 0.29) is 0 Å². The summed E-state index contributed by atoms with van der Waals surface area (Å²) in [5.41, 5.74) is 0. The molecule has 0 radical (unpaired) electrons. The van der Waals surface area contributed by atoms with E-state index in [0.717, 1.165) is 6.42 Å². The maximum atomic E-state index is 3.54. The highest BCUT2D eigenvalue weighted by Gasteiger charge is 1.74. The van der Waals surface area contributed by atoms with Crippen LogP contribution >= 0.6 is 11.8 Å². The van der Waals surface area contributed by atoms with Crippen LogP contribution in [0.5, 0.6) is 0 Å². The smallest absolute Gasteiger partial charge is 0.00976 e. The van der Waals surface area contributed by atoms with Gasteiger partial charge in [-0.2, -0.15) is 0 Å². The Hall–Kier alpha value is -0.350. The lowest BCUT2D eigenvalue weighted by atomic mass is 10.3. The van der Waals surface area contributed by atoms with Gasteiger partial charge < -0.3 is 0 Å². The number of thioether (sulfide) groups is 1. The zero-order valence-electron chi connectivity index (χ0n) is 5.81. The zero-order chi connectivity index (χ0) is 6.95. The summed E-state index contributed by atoms with van der Waals surface area (Å²) in [6.45, 7) is 5.71. The Morgan fingerprint density at radius 1 is 1.67 bits per heavy atom. The van der Waals surface area contributed by atoms with Crippen molar-refractivity contribution in [3.05, 3.63) is 12.0 Å². The molecule has 0 aliphatic heterocycles. The van der Waals surface area contributed by atoms with E-state index in [0.29, 0.717) is 0 Å². The summed E-state index contributed by atoms with van der Waals surface area (Å²) >= 11 is 1.46. The van der Waals surface area contributed by atoms with Crippen LogP contribution in [0.15, 0.2) is 12.0 Å². The molecule has 0 aliphatic carbocycles. The SMILES string of the molecule is C=CSC#CCCCC. The lowest BCUT2D eigenvalue weighted by molar-refractivity contribution is 0.828. The van der Waals surface area contributed by atoms with Crippen molar-refractivity contribution in [3.8, 4) is 11.2 Å². The molecular weight excluding hydrogens is 128 g/mol. The molecule has 9 heavy (non-hydrogen) atoms. The monoisotopic (exact) mass is 140 g/mol. The van der Waals surface area contributed by atoms with Gasteiger partial charge in [0.2, 0.25) is 0 Å². The molecule has 0 heterocycles. The minimum atomic E-state index is 1.03. The standard InChI is InChI=1S/C8H12S/c1-3-5-6-7-8-9-4-2/h4H,2-3,5-6H2,1H3. The van der Waals surface area contributed by atoms with Crippen LogP contribution in [0.3, 0.4) is 0 Å². The first-order valence-electron chi connectivity index (χ1n) is 3.16. The second-order valence-corrected chi connectivity index (χ2v) is 2.44. The van der Waals surface area contributed by atoms with Gasteiger partial charge in [0.25, 0.3) is 0 Å². The van der Waals surface area contributed by atoms with Gasteiger partial charge in [0.15, 0.2) is 0 Å². The van der Waals surface area contributed by atoms with Crippen LogP contribution < -0.4 is 0 Å². The Balaban J connectivity index is 3.05. The summed E-state index contributed by atoms with van der Waals surface area (Å²) in [5, 5.41) is 4.67. The highest BCUT2D eigenvalue weighted by molar-refractivity contribution is 8.06. The number of hydrogen-bond acceptors (Lipinski definition) is 1. The van der Waals surface area contributed by atoms with Gasteiger partial charge in [-0.1, -0.05) is 25.8 Å². The van der Waals surface area contributed by atoms with Gasteiger partial charge in [-0.05, 0) is 28.8 Å². The van der Waals surface area contributed by atoms with Gasteiger partial charge >= 0.3 is 0 Å². The summed E-state index contributed by atoms with van der Waals surface area (Å²) in [4.78, 5) is 0. The maximum absolute atomic E-state index is 3.54. The molecule has 0 atom stereocenters. The molecule has 50 valence electrons. The number of hydrogen-bond donors (Lipinski definition) is 0. The molecule has 0 fully saturated rings. The number of unbranched alkanes of at least 4 members (excludes halogenated alkanes) is 2. The summed E-state index contributed by atoms with van der Waals surface area (Å²) in [6, 6.07) is 0. The molecule has 0 unspecified atom stereocenters. The largest absolute Gasteiger partial charge is 0.0917 e. The van der Waals surface area contributed by atoms with Crippen LogP contribution in [0.4, 0.5) is 0 Å². The molecule has 0 rings (SSSR count). The van der Waals surface area contributed by atoms with Gasteiger partial charge in [0.1, 0.15) is 0 Å². The van der Waals surface area contributed by atoms with Crippen molar-refractivity contribution in [1.82, 2.24) is 0 Å². The molecule has 0 aliphatic rings. The Kier molecular flexibility index (Phi) is 7.35. The van der Waals surface area contributed by atoms with Crippen molar-refractivity contribution in [3.63, 3.8) is 0 Å². The van der Waals surface area contributed by atoms with Crippen LogP contribution in [0, 0.1) is 11.2 Å². The summed E-state index contributed by atoms with van der Waals surface area (Å²) in [7, 11) is 0. The van der Waals surface area contributed by atoms with E-state index in [1.807, 2.05) is 0 Å². The summed E-state index contributed by atoms with van der Waals surface area (Å²) < 4.78 is 0. The first-order valence-corrected chi connectivity index (χ1v) is 4.04. The van der Waals surface area contributed by atoms with Gasteiger partial charge in [-0.3, -0.25) is 0 Å². The third-order valence-corrected chi connectivity index (χ3v) is 1.30. The third-order valence-electron chi connectivity index (χ3n) is 0.870. The third kappa shape index (κ3) is 7.65. The molecular formula is C8H12S. The second-order valence-electron chi connectivity index (χ2n) is 1.67. The molecule has 0 saturated heterocycles. The van der Waals surface area contributed by atoms with E-state index < -0.39 is 0 Å². The minimum Gasteiger partial charge on any atom is -0.0917 e. The fourth-order valence-electron chi connectivity index (χ4n) is 0.400. The van der Waals surface area contributed by atoms with E-state index in [1.54, 1.807) is 5.41 Å². The highest BCUT2D eigenvalue weighted by Crippen LogP contribution is 1.96. The minimum absolute atomic E-state index is 1.03. The molecule has 1 heteroatoms. The Labute approximate surface area is 61.7 Å². The predicted molar refractivity (Wildman–Crippen MR) is 45.1 cm³/mol. The molecule has 0 nitrogen and oxygen atoms in total. The molecule has 0 spiro atoms. The van der Waals surface area contributed by atoms with Crippen molar-refractivity contribution in [1.29, 1.82) is 0 Å². The highest BCUT2D eigenvalue weighted by atomic mass is 32.2. The van der Waals surface area contributed by atoms with Gasteiger partial charge in [-0.25, -0.2) is 0 Å². The quantitative estimate of drug-likeness (QED) is 0.429. The summed E-state index contributed by atoms with van der Waals surface area (Å²) in [6.07, 6.45) is 3.47. The van der Waals surface area contributed by atoms with E-state index >= 15 is 0 Å². The van der Waals surface area contributed by atoms with Crippen molar-refractivity contribution >= 4 is 11.8 Å². The average molecular weight is 140 g/mol. The van der Waals surface area contributed by atoms with Gasteiger partial charge in [0.05, 0.1) is 0 Å². The summed E-state index contributed by atoms with van der Waals surface area (Å²) in [5.74, 6) is 3.03. The van der Waals surface area contributed by atoms with Crippen molar-refractivity contribution in [2.24, 2.45) is 0 Å². The molecule has 0 aromatic heterocycles. The molecule has 0 aromatic rings. The lowest BCUT2D eigenvalue weighted by Gasteiger charge is -1.81. The molecule has 0 saturated carbocycles. The fraction of sp³-hybridized carbons (Fsp3) is 0.500.